The van der Waals surface area contributed by atoms with Crippen LogP contribution in [0.3, 0.4) is 0 Å². The molecule has 3 aliphatic rings. The van der Waals surface area contributed by atoms with Gasteiger partial charge in [0, 0.05) is 49.8 Å². The first-order valence-electron chi connectivity index (χ1n) is 18.9. The maximum atomic E-state index is 15.5. The van der Waals surface area contributed by atoms with Crippen molar-refractivity contribution in [3.05, 3.63) is 104 Å². The number of amides is 1. The molecular formula is C39H34ClF6N9O5S. The van der Waals surface area contributed by atoms with Gasteiger partial charge in [0.25, 0.3) is 17.9 Å². The number of anilines is 2. The number of hydrogen-bond acceptors (Lipinski definition) is 9. The molecule has 9 rings (SSSR count). The van der Waals surface area contributed by atoms with Crippen LogP contribution in [0.2, 0.25) is 5.02 Å². The molecule has 0 bridgehead atoms. The van der Waals surface area contributed by atoms with Crippen LogP contribution < -0.4 is 20.5 Å². The van der Waals surface area contributed by atoms with Crippen LogP contribution in [0.4, 0.5) is 37.8 Å². The van der Waals surface area contributed by atoms with Gasteiger partial charge < -0.3 is 15.0 Å². The van der Waals surface area contributed by atoms with E-state index in [0.29, 0.717) is 42.7 Å². The molecule has 2 N–H and O–H groups in total. The first-order valence-corrected chi connectivity index (χ1v) is 21.2. The van der Waals surface area contributed by atoms with Crippen molar-refractivity contribution >= 4 is 60.8 Å². The second-order valence-electron chi connectivity index (χ2n) is 15.3. The molecule has 1 saturated carbocycles. The van der Waals surface area contributed by atoms with Crippen molar-refractivity contribution in [1.29, 1.82) is 0 Å². The third-order valence-electron chi connectivity index (χ3n) is 11.2. The van der Waals surface area contributed by atoms with Crippen LogP contribution in [0, 0.1) is 17.6 Å². The normalized spacial score (nSPS) is 18.8. The number of nitrogens with one attached hydrogen (secondary N) is 2. The lowest BCUT2D eigenvalue weighted by Gasteiger charge is -2.29. The summed E-state index contributed by atoms with van der Waals surface area (Å²) in [5.74, 6) is -8.91. The van der Waals surface area contributed by atoms with Crippen LogP contribution in [0.15, 0.2) is 53.3 Å². The Kier molecular flexibility index (Phi) is 9.85. The lowest BCUT2D eigenvalue weighted by molar-refractivity contribution is -0.123. The molecule has 1 amide bonds. The zero-order valence-electron chi connectivity index (χ0n) is 32.1. The number of aromatic nitrogens is 6. The highest BCUT2D eigenvalue weighted by atomic mass is 35.5. The smallest absolute Gasteiger partial charge is 0.293 e. The molecule has 0 radical (unpaired) electrons. The number of benzene rings is 3. The summed E-state index contributed by atoms with van der Waals surface area (Å²) in [5.41, 5.74) is -1.63. The van der Waals surface area contributed by atoms with Gasteiger partial charge in [-0.2, -0.15) is 19.0 Å². The second kappa shape index (κ2) is 14.8. The van der Waals surface area contributed by atoms with Crippen LogP contribution in [-0.4, -0.2) is 76.0 Å². The Bertz CT molecular complexity index is 2950. The lowest BCUT2D eigenvalue weighted by Crippen LogP contribution is -2.38. The van der Waals surface area contributed by atoms with Gasteiger partial charge in [0.2, 0.25) is 15.9 Å². The fourth-order valence-electron chi connectivity index (χ4n) is 8.59. The Morgan fingerprint density at radius 2 is 1.77 bits per heavy atom. The Labute approximate surface area is 347 Å². The van der Waals surface area contributed by atoms with E-state index in [1.165, 1.54) is 23.9 Å². The van der Waals surface area contributed by atoms with Gasteiger partial charge in [-0.15, -0.1) is 0 Å². The molecule has 14 nitrogen and oxygen atoms in total. The summed E-state index contributed by atoms with van der Waals surface area (Å²) >= 11 is 6.63. The molecule has 3 aromatic carbocycles. The van der Waals surface area contributed by atoms with Crippen molar-refractivity contribution in [2.24, 2.45) is 13.0 Å². The van der Waals surface area contributed by atoms with E-state index in [4.69, 9.17) is 21.3 Å². The summed E-state index contributed by atoms with van der Waals surface area (Å²) in [5, 5.41) is 11.0. The molecule has 6 aromatic rings. The zero-order valence-corrected chi connectivity index (χ0v) is 33.7. The minimum atomic E-state index is -3.90. The Morgan fingerprint density at radius 3 is 2.46 bits per heavy atom. The van der Waals surface area contributed by atoms with Crippen molar-refractivity contribution in [3.8, 4) is 5.69 Å². The molecule has 2 fully saturated rings. The van der Waals surface area contributed by atoms with Crippen LogP contribution >= 0.6 is 11.6 Å². The molecular weight excluding hydrogens is 856 g/mol. The topological polar surface area (TPSA) is 158 Å². The highest BCUT2D eigenvalue weighted by molar-refractivity contribution is 7.92. The van der Waals surface area contributed by atoms with Gasteiger partial charge in [-0.1, -0.05) is 11.6 Å². The molecule has 3 aromatic heterocycles. The summed E-state index contributed by atoms with van der Waals surface area (Å²) in [6, 6.07) is 8.89. The number of rotatable bonds is 11. The summed E-state index contributed by atoms with van der Waals surface area (Å²) in [6.07, 6.45) is -2.73. The molecule has 61 heavy (non-hydrogen) atoms. The SMILES string of the molecule is Cn1nc(NS(C)(=O)=O)c2c(Cl)ccc(-n3c([C@H](Cc4cc(F)cc(F)c4)NC(=O)Cn4nc(C(F)F)c5c4C(F)(F)[C@@H]4C[C@H]54)nc4cc(N5CCOCC5)ccc4c3=O)c21. The van der Waals surface area contributed by atoms with Gasteiger partial charge in [-0.05, 0) is 60.4 Å². The van der Waals surface area contributed by atoms with E-state index >= 15 is 8.78 Å². The van der Waals surface area contributed by atoms with Crippen molar-refractivity contribution in [2.75, 3.05) is 42.2 Å². The number of carbonyl (C=O) groups is 1. The van der Waals surface area contributed by atoms with Gasteiger partial charge in [0.1, 0.15) is 35.4 Å². The molecule has 0 unspecified atom stereocenters. The van der Waals surface area contributed by atoms with E-state index in [1.807, 2.05) is 4.90 Å². The number of alkyl halides is 4. The second-order valence-corrected chi connectivity index (χ2v) is 17.5. The summed E-state index contributed by atoms with van der Waals surface area (Å²) < 4.78 is 124. The van der Waals surface area contributed by atoms with Gasteiger partial charge in [0.05, 0.1) is 58.0 Å². The highest BCUT2D eigenvalue weighted by Crippen LogP contribution is 2.68. The monoisotopic (exact) mass is 889 g/mol. The lowest BCUT2D eigenvalue weighted by atomic mass is 10.0. The average Bonchev–Trinajstić information content (AvgIpc) is 3.73. The molecule has 22 heteroatoms. The summed E-state index contributed by atoms with van der Waals surface area (Å²) in [6.45, 7) is 0.963. The number of fused-ring (bicyclic) bond motifs is 5. The fourth-order valence-corrected chi connectivity index (χ4v) is 9.32. The molecule has 2 aliphatic carbocycles. The third-order valence-corrected chi connectivity index (χ3v) is 12.0. The maximum absolute atomic E-state index is 15.5. The Hall–Kier alpha value is -5.67. The van der Waals surface area contributed by atoms with Crippen LogP contribution in [0.5, 0.6) is 0 Å². The van der Waals surface area contributed by atoms with Crippen LogP contribution in [0.25, 0.3) is 27.5 Å². The Balaban J connectivity index is 1.24. The third kappa shape index (κ3) is 7.24. The largest absolute Gasteiger partial charge is 0.378 e. The van der Waals surface area contributed by atoms with E-state index in [1.54, 1.807) is 18.2 Å². The first kappa shape index (κ1) is 40.7. The predicted molar refractivity (Wildman–Crippen MR) is 211 cm³/mol. The average molecular weight is 890 g/mol. The molecule has 4 heterocycles. The number of carbonyl (C=O) groups excluding carboxylic acids is 1. The summed E-state index contributed by atoms with van der Waals surface area (Å²) in [7, 11) is -2.43. The zero-order chi connectivity index (χ0) is 43.3. The van der Waals surface area contributed by atoms with Gasteiger partial charge in [-0.3, -0.25) is 28.2 Å². The summed E-state index contributed by atoms with van der Waals surface area (Å²) in [4.78, 5) is 36.0. The minimum absolute atomic E-state index is 0.00271. The Morgan fingerprint density at radius 1 is 1.05 bits per heavy atom. The molecule has 3 atom stereocenters. The molecule has 0 spiro atoms. The van der Waals surface area contributed by atoms with Crippen LogP contribution in [0.1, 0.15) is 53.1 Å². The molecule has 320 valence electrons. The number of nitrogens with zero attached hydrogens (tertiary/aromatic N) is 7. The van der Waals surface area contributed by atoms with Crippen molar-refractivity contribution in [3.63, 3.8) is 0 Å². The van der Waals surface area contributed by atoms with E-state index in [0.717, 1.165) is 23.0 Å². The fraction of sp³-hybridized carbons (Fsp3) is 0.359. The number of morpholine rings is 1. The van der Waals surface area contributed by atoms with Crippen LogP contribution in [-0.2, 0) is 45.5 Å². The van der Waals surface area contributed by atoms with Crippen molar-refractivity contribution in [2.45, 2.75) is 43.7 Å². The maximum Gasteiger partial charge on any atom is 0.293 e. The van der Waals surface area contributed by atoms with E-state index in [-0.39, 0.29) is 61.7 Å². The van der Waals surface area contributed by atoms with Gasteiger partial charge >= 0.3 is 0 Å². The number of hydrogen-bond donors (Lipinski definition) is 2. The van der Waals surface area contributed by atoms with E-state index in [2.05, 4.69) is 20.2 Å². The minimum Gasteiger partial charge on any atom is -0.378 e. The van der Waals surface area contributed by atoms with Crippen molar-refractivity contribution in [1.82, 2.24) is 34.4 Å². The molecule has 1 aliphatic heterocycles. The first-order chi connectivity index (χ1) is 28.9. The van der Waals surface area contributed by atoms with E-state index in [9.17, 15) is 35.6 Å². The quantitative estimate of drug-likeness (QED) is 0.152. The number of ether oxygens (including phenoxy) is 1. The number of sulfonamides is 1. The van der Waals surface area contributed by atoms with Gasteiger partial charge in [-0.25, -0.2) is 31.0 Å². The predicted octanol–water partition coefficient (Wildman–Crippen LogP) is 5.86. The number of halogens is 7. The van der Waals surface area contributed by atoms with Crippen molar-refractivity contribution < 1.29 is 44.3 Å². The molecule has 1 saturated heterocycles. The highest BCUT2D eigenvalue weighted by Gasteiger charge is 2.67. The van der Waals surface area contributed by atoms with Gasteiger partial charge in [0.15, 0.2) is 5.82 Å². The number of aryl methyl sites for hydroxylation is 1. The van der Waals surface area contributed by atoms with E-state index < -0.39 is 87.7 Å². The standard InChI is InChI=1S/C39H34ClF6N9O5S/c1-52-33-28(6-5-25(40)31(33)36(50-52)51-61(2,58)59)55-37(48-26-15-21(3-4-22(26)38(55)57)53-7-9-60-10-8-53)27(13-18-11-19(41)14-20(42)12-18)47-29(56)17-54-34-30(32(49-54)35(43)44)23-16-24(23)39(34,45)46/h3-6,11-12,14-15,23-24,27,35H,7-10,13,16-17H2,1-2H3,(H,47,56)(H,50,51)/t23-,24+,27-/m0/s1.